The first-order valence-electron chi connectivity index (χ1n) is 9.74. The summed E-state index contributed by atoms with van der Waals surface area (Å²) in [6, 6.07) is 9.22. The highest BCUT2D eigenvalue weighted by atomic mass is 16.4. The highest BCUT2D eigenvalue weighted by molar-refractivity contribution is 5.93. The Balaban J connectivity index is 1.75. The zero-order valence-electron chi connectivity index (χ0n) is 16.9. The number of pyridine rings is 1. The first-order chi connectivity index (χ1) is 14.2. The van der Waals surface area contributed by atoms with E-state index < -0.39 is 11.4 Å². The first-order valence-corrected chi connectivity index (χ1v) is 9.74. The number of hydrogen-bond acceptors (Lipinski definition) is 4. The number of para-hydroxylation sites is 1. The highest BCUT2D eigenvalue weighted by Gasteiger charge is 2.34. The van der Waals surface area contributed by atoms with Crippen molar-refractivity contribution in [3.63, 3.8) is 0 Å². The summed E-state index contributed by atoms with van der Waals surface area (Å²) >= 11 is 0. The molecule has 3 aromatic heterocycles. The van der Waals surface area contributed by atoms with Crippen molar-refractivity contribution in [3.05, 3.63) is 58.5 Å². The monoisotopic (exact) mass is 403 g/mol. The van der Waals surface area contributed by atoms with Crippen LogP contribution < -0.4 is 5.43 Å². The van der Waals surface area contributed by atoms with Gasteiger partial charge < -0.3 is 9.67 Å². The summed E-state index contributed by atoms with van der Waals surface area (Å²) in [5.74, 6) is -1.21. The minimum Gasteiger partial charge on any atom is -0.477 e. The lowest BCUT2D eigenvalue weighted by molar-refractivity contribution is 0.0693. The molecular weight excluding hydrogens is 382 g/mol. The SMILES string of the molecule is CC(C)(C)[C@@H]1Cn2nc(-c3cccc4cn[nH]c34)cc2-c2cc(=O)c(C(=O)O)cn21. The van der Waals surface area contributed by atoms with Crippen molar-refractivity contribution in [1.29, 1.82) is 0 Å². The predicted molar refractivity (Wildman–Crippen MR) is 112 cm³/mol. The molecule has 0 saturated heterocycles. The van der Waals surface area contributed by atoms with Gasteiger partial charge in [-0.25, -0.2) is 4.79 Å². The van der Waals surface area contributed by atoms with Crippen LogP contribution in [0.1, 0.15) is 37.2 Å². The van der Waals surface area contributed by atoms with Gasteiger partial charge >= 0.3 is 5.97 Å². The van der Waals surface area contributed by atoms with E-state index in [1.807, 2.05) is 33.5 Å². The van der Waals surface area contributed by atoms with E-state index in [1.165, 1.54) is 12.3 Å². The molecule has 1 aliphatic rings. The highest BCUT2D eigenvalue weighted by Crippen LogP contribution is 2.40. The number of aromatic carboxylic acids is 1. The van der Waals surface area contributed by atoms with Crippen molar-refractivity contribution in [1.82, 2.24) is 24.5 Å². The Morgan fingerprint density at radius 1 is 1.23 bits per heavy atom. The molecule has 0 amide bonds. The van der Waals surface area contributed by atoms with Crippen LogP contribution in [0.4, 0.5) is 0 Å². The summed E-state index contributed by atoms with van der Waals surface area (Å²) in [6.07, 6.45) is 3.24. The number of carbonyl (C=O) groups is 1. The third-order valence-electron chi connectivity index (χ3n) is 5.79. The van der Waals surface area contributed by atoms with Gasteiger partial charge in [0.25, 0.3) is 0 Å². The lowest BCUT2D eigenvalue weighted by Gasteiger charge is -2.38. The number of hydrogen-bond donors (Lipinski definition) is 2. The second-order valence-electron chi connectivity index (χ2n) is 8.77. The zero-order valence-corrected chi connectivity index (χ0v) is 16.9. The zero-order chi connectivity index (χ0) is 21.2. The van der Waals surface area contributed by atoms with Crippen molar-refractivity contribution >= 4 is 16.9 Å². The van der Waals surface area contributed by atoms with Crippen LogP contribution in [0, 0.1) is 5.41 Å². The largest absolute Gasteiger partial charge is 0.477 e. The van der Waals surface area contributed by atoms with E-state index >= 15 is 0 Å². The van der Waals surface area contributed by atoms with Gasteiger partial charge in [-0.3, -0.25) is 14.6 Å². The molecule has 30 heavy (non-hydrogen) atoms. The van der Waals surface area contributed by atoms with Crippen molar-refractivity contribution in [2.24, 2.45) is 5.41 Å². The van der Waals surface area contributed by atoms with Gasteiger partial charge in [-0.2, -0.15) is 10.2 Å². The molecule has 4 heterocycles. The number of nitrogens with one attached hydrogen (secondary N) is 1. The number of rotatable bonds is 2. The van der Waals surface area contributed by atoms with Crippen LogP contribution >= 0.6 is 0 Å². The molecule has 0 unspecified atom stereocenters. The van der Waals surface area contributed by atoms with Gasteiger partial charge in [0.1, 0.15) is 5.56 Å². The average Bonchev–Trinajstić information content (AvgIpc) is 3.32. The van der Waals surface area contributed by atoms with E-state index in [-0.39, 0.29) is 17.0 Å². The third-order valence-corrected chi connectivity index (χ3v) is 5.79. The van der Waals surface area contributed by atoms with Crippen LogP contribution in [0.2, 0.25) is 0 Å². The van der Waals surface area contributed by atoms with Gasteiger partial charge in [-0.1, -0.05) is 39.0 Å². The molecule has 8 nitrogen and oxygen atoms in total. The van der Waals surface area contributed by atoms with Crippen LogP contribution in [0.15, 0.2) is 47.5 Å². The van der Waals surface area contributed by atoms with E-state index in [9.17, 15) is 14.7 Å². The molecule has 8 heteroatoms. The smallest absolute Gasteiger partial charge is 0.341 e. The number of aromatic nitrogens is 5. The van der Waals surface area contributed by atoms with Gasteiger partial charge in [-0.15, -0.1) is 0 Å². The molecule has 0 spiro atoms. The van der Waals surface area contributed by atoms with E-state index in [0.717, 1.165) is 27.9 Å². The number of carboxylic acid groups (broad SMARTS) is 1. The van der Waals surface area contributed by atoms with E-state index in [4.69, 9.17) is 5.10 Å². The Morgan fingerprint density at radius 2 is 2.03 bits per heavy atom. The standard InChI is InChI=1S/C22H21N5O3/c1-22(2,3)19-11-27-17(16-8-18(28)14(21(29)30)10-26(16)19)7-15(25-27)13-6-4-5-12-9-23-24-20(12)13/h4-10,19H,11H2,1-3H3,(H,23,24)(H,29,30)/t19-/m0/s1. The molecule has 2 N–H and O–H groups in total. The van der Waals surface area contributed by atoms with Gasteiger partial charge in [-0.05, 0) is 11.5 Å². The summed E-state index contributed by atoms with van der Waals surface area (Å²) in [4.78, 5) is 24.0. The molecule has 152 valence electrons. The summed E-state index contributed by atoms with van der Waals surface area (Å²) < 4.78 is 3.83. The van der Waals surface area contributed by atoms with Crippen molar-refractivity contribution < 1.29 is 9.90 Å². The lowest BCUT2D eigenvalue weighted by atomic mass is 9.85. The number of aromatic amines is 1. The normalized spacial score (nSPS) is 15.8. The Hall–Kier alpha value is -3.68. The minimum absolute atomic E-state index is 0.0607. The first kappa shape index (κ1) is 18.4. The molecule has 0 fully saturated rings. The molecule has 5 rings (SSSR count). The van der Waals surface area contributed by atoms with E-state index in [2.05, 4.69) is 31.0 Å². The fraction of sp³-hybridized carbons (Fsp3) is 0.273. The van der Waals surface area contributed by atoms with Gasteiger partial charge in [0.15, 0.2) is 5.43 Å². The maximum Gasteiger partial charge on any atom is 0.341 e. The molecule has 0 bridgehead atoms. The Bertz CT molecular complexity index is 1370. The Morgan fingerprint density at radius 3 is 2.77 bits per heavy atom. The topological polar surface area (TPSA) is 106 Å². The van der Waals surface area contributed by atoms with Crippen LogP contribution in [-0.2, 0) is 6.54 Å². The Kier molecular flexibility index (Phi) is 3.77. The summed E-state index contributed by atoms with van der Waals surface area (Å²) in [5.41, 5.74) is 3.16. The number of H-pyrrole nitrogens is 1. The molecule has 1 aliphatic heterocycles. The number of carboxylic acids is 1. The van der Waals surface area contributed by atoms with Crippen molar-refractivity contribution in [2.45, 2.75) is 33.4 Å². The third kappa shape index (κ3) is 2.67. The lowest BCUT2D eigenvalue weighted by Crippen LogP contribution is -2.35. The Labute approximate surface area is 171 Å². The summed E-state index contributed by atoms with van der Waals surface area (Å²) in [7, 11) is 0. The molecule has 0 aliphatic carbocycles. The van der Waals surface area contributed by atoms with Crippen LogP contribution in [0.5, 0.6) is 0 Å². The number of benzene rings is 1. The van der Waals surface area contributed by atoms with Gasteiger partial charge in [0.05, 0.1) is 41.4 Å². The van der Waals surface area contributed by atoms with E-state index in [1.54, 1.807) is 6.20 Å². The molecule has 0 radical (unpaired) electrons. The quantitative estimate of drug-likeness (QED) is 0.532. The molecule has 4 aromatic rings. The predicted octanol–water partition coefficient (Wildman–Crippen LogP) is 3.55. The van der Waals surface area contributed by atoms with Crippen LogP contribution in [-0.4, -0.2) is 35.6 Å². The number of fused-ring (bicyclic) bond motifs is 4. The number of nitrogens with zero attached hydrogens (tertiary/aromatic N) is 4. The minimum atomic E-state index is -1.21. The second kappa shape index (κ2) is 6.16. The van der Waals surface area contributed by atoms with Gasteiger partial charge in [0.2, 0.25) is 0 Å². The van der Waals surface area contributed by atoms with Crippen molar-refractivity contribution in [3.8, 4) is 22.6 Å². The molecule has 0 saturated carbocycles. The van der Waals surface area contributed by atoms with Crippen LogP contribution in [0.25, 0.3) is 33.5 Å². The fourth-order valence-electron chi connectivity index (χ4n) is 4.19. The second-order valence-corrected chi connectivity index (χ2v) is 8.77. The van der Waals surface area contributed by atoms with Crippen LogP contribution in [0.3, 0.4) is 0 Å². The molecule has 1 aromatic carbocycles. The fourth-order valence-corrected chi connectivity index (χ4v) is 4.19. The molecule has 1 atom stereocenters. The summed E-state index contributed by atoms with van der Waals surface area (Å²) in [5, 5.41) is 22.4. The maximum absolute atomic E-state index is 12.5. The maximum atomic E-state index is 12.5. The average molecular weight is 403 g/mol. The van der Waals surface area contributed by atoms with Crippen molar-refractivity contribution in [2.75, 3.05) is 0 Å². The summed E-state index contributed by atoms with van der Waals surface area (Å²) in [6.45, 7) is 6.87. The van der Waals surface area contributed by atoms with E-state index in [0.29, 0.717) is 12.2 Å². The van der Waals surface area contributed by atoms with Gasteiger partial charge in [0, 0.05) is 23.2 Å². The molecular formula is C22H21N5O3.